The number of rotatable bonds is 8. The molecule has 136 valence electrons. The van der Waals surface area contributed by atoms with Crippen LogP contribution in [-0.2, 0) is 4.79 Å². The van der Waals surface area contributed by atoms with Crippen LogP contribution in [0.15, 0.2) is 30.5 Å². The summed E-state index contributed by atoms with van der Waals surface area (Å²) in [5.74, 6) is 0.462. The fourth-order valence-electron chi connectivity index (χ4n) is 2.79. The first-order chi connectivity index (χ1) is 12.1. The van der Waals surface area contributed by atoms with Gasteiger partial charge in [0.15, 0.2) is 0 Å². The normalized spacial score (nSPS) is 16.5. The summed E-state index contributed by atoms with van der Waals surface area (Å²) < 4.78 is 6.55. The van der Waals surface area contributed by atoms with Crippen molar-refractivity contribution in [2.45, 2.75) is 25.4 Å². The van der Waals surface area contributed by atoms with Crippen LogP contribution < -0.4 is 4.74 Å². The van der Waals surface area contributed by atoms with E-state index in [-0.39, 0.29) is 13.2 Å². The lowest BCUT2D eigenvalue weighted by atomic mass is 10.1. The van der Waals surface area contributed by atoms with E-state index in [0.717, 1.165) is 35.9 Å². The highest BCUT2D eigenvalue weighted by Crippen LogP contribution is 2.17. The van der Waals surface area contributed by atoms with Crippen molar-refractivity contribution in [1.29, 1.82) is 0 Å². The van der Waals surface area contributed by atoms with Gasteiger partial charge in [0.2, 0.25) is 5.88 Å². The maximum atomic E-state index is 11.7. The number of hydrogen-bond donors (Lipinski definition) is 1. The average Bonchev–Trinajstić information content (AvgIpc) is 2.62. The van der Waals surface area contributed by atoms with Crippen LogP contribution in [0.25, 0.3) is 0 Å². The third-order valence-corrected chi connectivity index (χ3v) is 4.61. The Morgan fingerprint density at radius 2 is 2.16 bits per heavy atom. The molecule has 0 saturated carbocycles. The monoisotopic (exact) mass is 459 g/mol. The van der Waals surface area contributed by atoms with Crippen molar-refractivity contribution >= 4 is 35.0 Å². The highest BCUT2D eigenvalue weighted by atomic mass is 127. The number of halogens is 1. The number of carbonyl (C=O) groups is 2. The summed E-state index contributed by atoms with van der Waals surface area (Å²) in [6, 6.07) is 3.63. The number of likely N-dealkylation sites (tertiary alicyclic amines) is 1. The molecule has 1 aromatic rings. The molecular formula is C17H22IN3O4. The summed E-state index contributed by atoms with van der Waals surface area (Å²) in [6.07, 6.45) is 7.06. The lowest BCUT2D eigenvalue weighted by Crippen LogP contribution is -2.52. The quantitative estimate of drug-likeness (QED) is 0.366. The van der Waals surface area contributed by atoms with Gasteiger partial charge in [0, 0.05) is 28.9 Å². The van der Waals surface area contributed by atoms with E-state index in [2.05, 4.69) is 32.5 Å². The minimum atomic E-state index is -1.04. The number of carbonyl (C=O) groups excluding carboxylic acids is 1. The molecule has 1 fully saturated rings. The fraction of sp³-hybridized carbons (Fsp3) is 0.471. The third-order valence-electron chi connectivity index (χ3n) is 3.97. The third kappa shape index (κ3) is 6.28. The van der Waals surface area contributed by atoms with E-state index in [9.17, 15) is 14.7 Å². The zero-order valence-electron chi connectivity index (χ0n) is 13.9. The van der Waals surface area contributed by atoms with Gasteiger partial charge < -0.3 is 9.84 Å². The summed E-state index contributed by atoms with van der Waals surface area (Å²) in [5.41, 5.74) is 0. The molecule has 1 aromatic heterocycles. The van der Waals surface area contributed by atoms with Crippen LogP contribution in [0, 0.1) is 3.57 Å². The lowest BCUT2D eigenvalue weighted by molar-refractivity contribution is -0.104. The first-order valence-electron chi connectivity index (χ1n) is 8.22. The van der Waals surface area contributed by atoms with Gasteiger partial charge in [-0.15, -0.1) is 0 Å². The number of aromatic nitrogens is 1. The number of carboxylic acid groups (broad SMARTS) is 1. The Morgan fingerprint density at radius 3 is 2.76 bits per heavy atom. The van der Waals surface area contributed by atoms with Gasteiger partial charge in [0.05, 0.1) is 6.54 Å². The van der Waals surface area contributed by atoms with Gasteiger partial charge in [-0.2, -0.15) is 0 Å². The molecular weight excluding hydrogens is 437 g/mol. The van der Waals surface area contributed by atoms with Gasteiger partial charge >= 0.3 is 6.09 Å². The summed E-state index contributed by atoms with van der Waals surface area (Å²) in [5, 5.41) is 9.61. The smallest absolute Gasteiger partial charge is 0.408 e. The molecule has 7 nitrogen and oxygen atoms in total. The molecule has 8 heteroatoms. The Labute approximate surface area is 160 Å². The van der Waals surface area contributed by atoms with Crippen molar-refractivity contribution in [1.82, 2.24) is 14.8 Å². The Morgan fingerprint density at radius 1 is 1.40 bits per heavy atom. The largest absolute Gasteiger partial charge is 0.476 e. The molecule has 1 atom stereocenters. The highest BCUT2D eigenvalue weighted by Gasteiger charge is 2.27. The van der Waals surface area contributed by atoms with Gasteiger partial charge in [-0.25, -0.2) is 9.78 Å². The predicted molar refractivity (Wildman–Crippen MR) is 102 cm³/mol. The number of piperidine rings is 1. The second kappa shape index (κ2) is 10.3. The molecule has 2 rings (SSSR count). The topological polar surface area (TPSA) is 83.0 Å². The average molecular weight is 459 g/mol. The molecule has 25 heavy (non-hydrogen) atoms. The molecule has 0 radical (unpaired) electrons. The number of aldehydes is 1. The highest BCUT2D eigenvalue weighted by molar-refractivity contribution is 14.1. The summed E-state index contributed by atoms with van der Waals surface area (Å²) >= 11 is 2.15. The molecule has 1 N–H and O–H groups in total. The van der Waals surface area contributed by atoms with Crippen molar-refractivity contribution in [2.75, 3.05) is 26.2 Å². The second-order valence-corrected chi connectivity index (χ2v) is 6.92. The van der Waals surface area contributed by atoms with Crippen LogP contribution in [0.5, 0.6) is 5.88 Å². The predicted octanol–water partition coefficient (Wildman–Crippen LogP) is 2.61. The second-order valence-electron chi connectivity index (χ2n) is 5.67. The van der Waals surface area contributed by atoms with Crippen molar-refractivity contribution in [3.8, 4) is 5.88 Å². The first-order valence-corrected chi connectivity index (χ1v) is 9.29. The number of hydrogen-bond acceptors (Lipinski definition) is 5. The van der Waals surface area contributed by atoms with Crippen molar-refractivity contribution in [3.05, 3.63) is 34.1 Å². The zero-order chi connectivity index (χ0) is 18.1. The summed E-state index contributed by atoms with van der Waals surface area (Å²) in [6.45, 7) is 2.01. The van der Waals surface area contributed by atoms with Gasteiger partial charge in [-0.05, 0) is 53.7 Å². The molecule has 0 aliphatic carbocycles. The minimum absolute atomic E-state index is 0.188. The van der Waals surface area contributed by atoms with Crippen molar-refractivity contribution in [2.24, 2.45) is 0 Å². The van der Waals surface area contributed by atoms with Gasteiger partial charge in [0.1, 0.15) is 19.1 Å². The van der Waals surface area contributed by atoms with Gasteiger partial charge in [-0.1, -0.05) is 6.42 Å². The maximum absolute atomic E-state index is 11.7. The van der Waals surface area contributed by atoms with Gasteiger partial charge in [0.25, 0.3) is 0 Å². The van der Waals surface area contributed by atoms with E-state index < -0.39 is 12.3 Å². The molecule has 1 unspecified atom stereocenters. The Balaban J connectivity index is 2.01. The van der Waals surface area contributed by atoms with Crippen LogP contribution >= 0.6 is 22.6 Å². The van der Waals surface area contributed by atoms with Crippen LogP contribution in [0.3, 0.4) is 0 Å². The van der Waals surface area contributed by atoms with Crippen LogP contribution in [0.4, 0.5) is 4.79 Å². The summed E-state index contributed by atoms with van der Waals surface area (Å²) in [7, 11) is 0. The molecule has 0 spiro atoms. The van der Waals surface area contributed by atoms with E-state index in [1.54, 1.807) is 18.3 Å². The van der Waals surface area contributed by atoms with E-state index in [1.807, 2.05) is 6.07 Å². The van der Waals surface area contributed by atoms with E-state index in [1.165, 1.54) is 11.0 Å². The van der Waals surface area contributed by atoms with Crippen LogP contribution in [-0.4, -0.2) is 64.7 Å². The lowest BCUT2D eigenvalue weighted by Gasteiger charge is -2.38. The Kier molecular flexibility index (Phi) is 8.13. The number of allylic oxidation sites excluding steroid dienone is 1. The number of pyridine rings is 1. The van der Waals surface area contributed by atoms with Crippen LogP contribution in [0.1, 0.15) is 19.3 Å². The minimum Gasteiger partial charge on any atom is -0.476 e. The summed E-state index contributed by atoms with van der Waals surface area (Å²) in [4.78, 5) is 30.0. The van der Waals surface area contributed by atoms with Gasteiger partial charge in [-0.3, -0.25) is 14.6 Å². The molecule has 1 aliphatic rings. The molecule has 0 aromatic carbocycles. The maximum Gasteiger partial charge on any atom is 0.408 e. The molecule has 1 aliphatic heterocycles. The number of ether oxygens (including phenoxy) is 1. The zero-order valence-corrected chi connectivity index (χ0v) is 16.0. The Hall–Kier alpha value is -1.68. The molecule has 1 amide bonds. The van der Waals surface area contributed by atoms with E-state index >= 15 is 0 Å². The molecule has 0 bridgehead atoms. The first kappa shape index (κ1) is 19.6. The number of amides is 1. The molecule has 2 heterocycles. The Bertz CT molecular complexity index is 588. The number of nitrogens with zero attached hydrogens (tertiary/aromatic N) is 3. The fourth-order valence-corrected chi connectivity index (χ4v) is 3.11. The molecule has 1 saturated heterocycles. The van der Waals surface area contributed by atoms with Crippen molar-refractivity contribution < 1.29 is 19.4 Å². The van der Waals surface area contributed by atoms with Crippen LogP contribution in [0.2, 0.25) is 0 Å². The van der Waals surface area contributed by atoms with E-state index in [0.29, 0.717) is 12.2 Å². The van der Waals surface area contributed by atoms with Crippen molar-refractivity contribution in [3.63, 3.8) is 0 Å². The van der Waals surface area contributed by atoms with E-state index in [4.69, 9.17) is 4.74 Å². The standard InChI is InChI=1S/C17H22IN3O4/c18-14-6-7-15(19-13-14)25-12-10-21(17(23)24)16(5-4-11-22)20-8-2-1-3-9-20/h4-7,11,13,16H,1-3,8-10,12H2,(H,23,24). The SMILES string of the molecule is O=CC=CC(N1CCCCC1)N(CCOc1ccc(I)cn1)C(=O)O.